The number of unbranched alkanes of at least 4 members (excludes halogenated alkanes) is 7. The molecule has 0 heterocycles. The summed E-state index contributed by atoms with van der Waals surface area (Å²) < 4.78 is 0. The molecule has 22 heavy (non-hydrogen) atoms. The molecule has 2 heteroatoms. The average Bonchev–Trinajstić information content (AvgIpc) is 2.50. The van der Waals surface area contributed by atoms with Gasteiger partial charge in [0.1, 0.15) is 0 Å². The predicted octanol–water partition coefficient (Wildman–Crippen LogP) is 4.66. The van der Waals surface area contributed by atoms with E-state index in [-0.39, 0.29) is 0 Å². The van der Waals surface area contributed by atoms with E-state index in [1.54, 1.807) is 12.2 Å². The molecule has 0 aromatic rings. The molecule has 0 spiro atoms. The smallest absolute Gasteiger partial charge is 0.0642 e. The van der Waals surface area contributed by atoms with Gasteiger partial charge in [-0.15, -0.1) is 0 Å². The fraction of sp³-hybridized carbons (Fsp3) is 0.450. The van der Waals surface area contributed by atoms with Crippen molar-refractivity contribution in [2.75, 3.05) is 0 Å². The molecule has 2 nitrogen and oxygen atoms in total. The zero-order chi connectivity index (χ0) is 16.3. The lowest BCUT2D eigenvalue weighted by molar-refractivity contribution is -0.297. The van der Waals surface area contributed by atoms with Crippen LogP contribution in [0.2, 0.25) is 0 Å². The number of carbonyl (C=O) groups is 1. The maximum absolute atomic E-state index is 10.1. The zero-order valence-corrected chi connectivity index (χ0v) is 13.7. The third-order valence-electron chi connectivity index (χ3n) is 3.12. The molecular formula is C20H29O2-. The molecule has 0 saturated carbocycles. The van der Waals surface area contributed by atoms with Gasteiger partial charge >= 0.3 is 0 Å². The summed E-state index contributed by atoms with van der Waals surface area (Å²) in [6, 6.07) is 0. The Balaban J connectivity index is 3.50. The SMILES string of the molecule is CCCCCCCCC\C=C/C=C\C=C/C=C\C=C/C(=O)[O-]. The van der Waals surface area contributed by atoms with Crippen LogP contribution < -0.4 is 5.11 Å². The molecule has 0 aliphatic carbocycles. The van der Waals surface area contributed by atoms with Crippen LogP contribution in [0.1, 0.15) is 58.3 Å². The molecule has 0 unspecified atom stereocenters. The van der Waals surface area contributed by atoms with Gasteiger partial charge in [0, 0.05) is 0 Å². The number of aliphatic carboxylic acids is 1. The topological polar surface area (TPSA) is 40.1 Å². The van der Waals surface area contributed by atoms with Crippen molar-refractivity contribution in [1.82, 2.24) is 0 Å². The highest BCUT2D eigenvalue weighted by molar-refractivity contribution is 5.77. The Hall–Kier alpha value is -1.83. The van der Waals surface area contributed by atoms with E-state index in [4.69, 9.17) is 0 Å². The first kappa shape index (κ1) is 20.2. The third kappa shape index (κ3) is 18.2. The summed E-state index contributed by atoms with van der Waals surface area (Å²) in [5.41, 5.74) is 0. The summed E-state index contributed by atoms with van der Waals surface area (Å²) in [5.74, 6) is -1.18. The van der Waals surface area contributed by atoms with Gasteiger partial charge in [0.25, 0.3) is 0 Å². The number of carboxylic acids is 1. The van der Waals surface area contributed by atoms with Crippen molar-refractivity contribution in [3.63, 3.8) is 0 Å². The Kier molecular flexibility index (Phi) is 15.8. The number of hydrogen-bond acceptors (Lipinski definition) is 2. The van der Waals surface area contributed by atoms with E-state index >= 15 is 0 Å². The molecule has 0 aromatic carbocycles. The number of rotatable bonds is 13. The quantitative estimate of drug-likeness (QED) is 0.282. The van der Waals surface area contributed by atoms with Crippen molar-refractivity contribution in [3.05, 3.63) is 60.8 Å². The van der Waals surface area contributed by atoms with Gasteiger partial charge in [-0.2, -0.15) is 0 Å². The third-order valence-corrected chi connectivity index (χ3v) is 3.12. The molecule has 0 aromatic heterocycles. The van der Waals surface area contributed by atoms with Crippen molar-refractivity contribution < 1.29 is 9.90 Å². The van der Waals surface area contributed by atoms with Gasteiger partial charge in [-0.05, 0) is 18.9 Å². The summed E-state index contributed by atoms with van der Waals surface area (Å²) in [5, 5.41) is 10.1. The summed E-state index contributed by atoms with van der Waals surface area (Å²) in [4.78, 5) is 10.1. The molecule has 0 amide bonds. The van der Waals surface area contributed by atoms with Crippen LogP contribution in [0.5, 0.6) is 0 Å². The Labute approximate surface area is 135 Å². The van der Waals surface area contributed by atoms with Crippen LogP contribution in [-0.2, 0) is 4.79 Å². The fourth-order valence-corrected chi connectivity index (χ4v) is 1.91. The molecular weight excluding hydrogens is 272 g/mol. The van der Waals surface area contributed by atoms with Crippen molar-refractivity contribution in [3.8, 4) is 0 Å². The first-order valence-corrected chi connectivity index (χ1v) is 8.31. The molecule has 0 saturated heterocycles. The van der Waals surface area contributed by atoms with Gasteiger partial charge < -0.3 is 9.90 Å². The lowest BCUT2D eigenvalue weighted by Crippen LogP contribution is -2.18. The van der Waals surface area contributed by atoms with E-state index < -0.39 is 5.97 Å². The summed E-state index contributed by atoms with van der Waals surface area (Å²) >= 11 is 0. The Bertz CT molecular complexity index is 398. The Morgan fingerprint density at radius 2 is 1.23 bits per heavy atom. The molecule has 0 bridgehead atoms. The van der Waals surface area contributed by atoms with Crippen LogP contribution in [0.25, 0.3) is 0 Å². The molecule has 0 rings (SSSR count). The van der Waals surface area contributed by atoms with Crippen LogP contribution in [0.15, 0.2) is 60.8 Å². The molecule has 122 valence electrons. The van der Waals surface area contributed by atoms with Crippen LogP contribution >= 0.6 is 0 Å². The Morgan fingerprint density at radius 1 is 0.727 bits per heavy atom. The molecule has 0 aliphatic rings. The highest BCUT2D eigenvalue weighted by atomic mass is 16.4. The first-order chi connectivity index (χ1) is 10.8. The van der Waals surface area contributed by atoms with Crippen LogP contribution in [0.3, 0.4) is 0 Å². The molecule has 0 N–H and O–H groups in total. The van der Waals surface area contributed by atoms with Crippen molar-refractivity contribution in [1.29, 1.82) is 0 Å². The van der Waals surface area contributed by atoms with Crippen molar-refractivity contribution >= 4 is 5.97 Å². The van der Waals surface area contributed by atoms with Crippen LogP contribution in [0, 0.1) is 0 Å². The Morgan fingerprint density at radius 3 is 1.82 bits per heavy atom. The maximum Gasteiger partial charge on any atom is 0.0642 e. The van der Waals surface area contributed by atoms with Crippen LogP contribution in [0.4, 0.5) is 0 Å². The summed E-state index contributed by atoms with van der Waals surface area (Å²) in [6.07, 6.45) is 28.4. The van der Waals surface area contributed by atoms with Crippen molar-refractivity contribution in [2.45, 2.75) is 58.3 Å². The minimum atomic E-state index is -1.18. The minimum absolute atomic E-state index is 0.993. The standard InChI is InChI=1S/C20H30O2/c1-2-3-4-5-6-7-8-9-10-11-12-13-14-15-16-17-18-19-20(21)22/h10-19H,2-9H2,1H3,(H,21,22)/p-1/b11-10-,13-12-,15-14-,17-16-,19-18-. The molecule has 0 aliphatic heterocycles. The summed E-state index contributed by atoms with van der Waals surface area (Å²) in [7, 11) is 0. The van der Waals surface area contributed by atoms with E-state index in [0.29, 0.717) is 0 Å². The largest absolute Gasteiger partial charge is 0.545 e. The molecule has 0 radical (unpaired) electrons. The number of hydrogen-bond donors (Lipinski definition) is 0. The monoisotopic (exact) mass is 301 g/mol. The number of carbonyl (C=O) groups excluding carboxylic acids is 1. The number of carboxylic acid groups (broad SMARTS) is 1. The second kappa shape index (κ2) is 17.2. The lowest BCUT2D eigenvalue weighted by atomic mass is 10.1. The average molecular weight is 301 g/mol. The number of allylic oxidation sites excluding steroid dienone is 9. The zero-order valence-electron chi connectivity index (χ0n) is 13.7. The van der Waals surface area contributed by atoms with Crippen molar-refractivity contribution in [2.24, 2.45) is 0 Å². The van der Waals surface area contributed by atoms with E-state index in [2.05, 4.69) is 19.1 Å². The van der Waals surface area contributed by atoms with E-state index in [1.165, 1.54) is 51.0 Å². The van der Waals surface area contributed by atoms with Gasteiger partial charge in [0.15, 0.2) is 0 Å². The lowest BCUT2D eigenvalue weighted by Gasteiger charge is -1.98. The van der Waals surface area contributed by atoms with Gasteiger partial charge in [0.05, 0.1) is 5.97 Å². The maximum atomic E-state index is 10.1. The van der Waals surface area contributed by atoms with E-state index in [1.807, 2.05) is 24.3 Å². The van der Waals surface area contributed by atoms with E-state index in [0.717, 1.165) is 12.5 Å². The second-order valence-corrected chi connectivity index (χ2v) is 5.17. The highest BCUT2D eigenvalue weighted by Gasteiger charge is 1.88. The normalized spacial score (nSPS) is 12.8. The molecule has 0 atom stereocenters. The van der Waals surface area contributed by atoms with Crippen LogP contribution in [-0.4, -0.2) is 5.97 Å². The van der Waals surface area contributed by atoms with Gasteiger partial charge in [-0.25, -0.2) is 0 Å². The fourth-order valence-electron chi connectivity index (χ4n) is 1.91. The van der Waals surface area contributed by atoms with Gasteiger partial charge in [-0.3, -0.25) is 0 Å². The van der Waals surface area contributed by atoms with Gasteiger partial charge in [-0.1, -0.05) is 100 Å². The predicted molar refractivity (Wildman–Crippen MR) is 93.3 cm³/mol. The first-order valence-electron chi connectivity index (χ1n) is 8.31. The minimum Gasteiger partial charge on any atom is -0.545 e. The summed E-state index contributed by atoms with van der Waals surface area (Å²) in [6.45, 7) is 2.25. The van der Waals surface area contributed by atoms with E-state index in [9.17, 15) is 9.90 Å². The van der Waals surface area contributed by atoms with Gasteiger partial charge in [0.2, 0.25) is 0 Å². The second-order valence-electron chi connectivity index (χ2n) is 5.17. The highest BCUT2D eigenvalue weighted by Crippen LogP contribution is 2.08. The molecule has 0 fully saturated rings.